The summed E-state index contributed by atoms with van der Waals surface area (Å²) in [6.45, 7) is 4.07. The maximum Gasteiger partial charge on any atom is 0.255 e. The van der Waals surface area contributed by atoms with E-state index in [0.29, 0.717) is 33.5 Å². The van der Waals surface area contributed by atoms with Crippen LogP contribution in [0.1, 0.15) is 53.4 Å². The van der Waals surface area contributed by atoms with Crippen LogP contribution in [0.2, 0.25) is 5.02 Å². The Morgan fingerprint density at radius 1 is 1.05 bits per heavy atom. The van der Waals surface area contributed by atoms with Gasteiger partial charge in [0.25, 0.3) is 5.91 Å². The lowest BCUT2D eigenvalue weighted by molar-refractivity contribution is -0.118. The normalized spacial score (nSPS) is 15.2. The molecule has 1 aliphatic rings. The molecule has 0 fully saturated rings. The van der Waals surface area contributed by atoms with Gasteiger partial charge in [-0.25, -0.2) is 0 Å². The lowest BCUT2D eigenvalue weighted by atomic mass is 9.86. The molecule has 1 aliphatic heterocycles. The number of pyridine rings is 1. The van der Waals surface area contributed by atoms with E-state index in [2.05, 4.69) is 17.2 Å². The second-order valence-electron chi connectivity index (χ2n) is 9.67. The van der Waals surface area contributed by atoms with Gasteiger partial charge < -0.3 is 19.7 Å². The van der Waals surface area contributed by atoms with Gasteiger partial charge in [-0.2, -0.15) is 0 Å². The summed E-state index contributed by atoms with van der Waals surface area (Å²) in [4.78, 5) is 32.3. The van der Waals surface area contributed by atoms with E-state index in [1.54, 1.807) is 60.8 Å². The van der Waals surface area contributed by atoms with Crippen LogP contribution >= 0.6 is 11.6 Å². The molecular formula is C32H30ClN3O4. The van der Waals surface area contributed by atoms with Crippen molar-refractivity contribution in [3.8, 4) is 11.5 Å². The molecule has 204 valence electrons. The van der Waals surface area contributed by atoms with Crippen molar-refractivity contribution in [2.24, 2.45) is 0 Å². The zero-order valence-corrected chi connectivity index (χ0v) is 23.3. The van der Waals surface area contributed by atoms with Crippen LogP contribution in [0.4, 0.5) is 11.4 Å². The quantitative estimate of drug-likeness (QED) is 0.257. The minimum absolute atomic E-state index is 0.00639. The predicted octanol–water partition coefficient (Wildman–Crippen LogP) is 6.85. The van der Waals surface area contributed by atoms with Crippen molar-refractivity contribution in [1.29, 1.82) is 0 Å². The Bertz CT molecular complexity index is 1510. The molecule has 1 N–H and O–H groups in total. The van der Waals surface area contributed by atoms with Crippen LogP contribution < -0.4 is 19.7 Å². The molecule has 0 spiro atoms. The summed E-state index contributed by atoms with van der Waals surface area (Å²) in [5.41, 5.74) is 4.53. The molecule has 8 heteroatoms. The lowest BCUT2D eigenvalue weighted by Crippen LogP contribution is -2.41. The molecule has 4 aromatic rings. The molecule has 1 aromatic heterocycles. The molecule has 5 rings (SSSR count). The third-order valence-corrected chi connectivity index (χ3v) is 7.28. The van der Waals surface area contributed by atoms with Crippen molar-refractivity contribution in [3.63, 3.8) is 0 Å². The molecule has 0 bridgehead atoms. The van der Waals surface area contributed by atoms with Crippen LogP contribution in [0.15, 0.2) is 85.2 Å². The molecule has 3 aromatic carbocycles. The minimum Gasteiger partial charge on any atom is -0.493 e. The summed E-state index contributed by atoms with van der Waals surface area (Å²) in [5.74, 6) is 0.909. The van der Waals surface area contributed by atoms with Crippen LogP contribution in [0.3, 0.4) is 0 Å². The average Bonchev–Trinajstić information content (AvgIpc) is 2.97. The van der Waals surface area contributed by atoms with Crippen LogP contribution in [0.25, 0.3) is 0 Å². The molecule has 7 nitrogen and oxygen atoms in total. The van der Waals surface area contributed by atoms with Gasteiger partial charge in [-0.3, -0.25) is 14.6 Å². The van der Waals surface area contributed by atoms with E-state index >= 15 is 0 Å². The highest BCUT2D eigenvalue weighted by Crippen LogP contribution is 2.44. The van der Waals surface area contributed by atoms with Gasteiger partial charge in [0.15, 0.2) is 11.5 Å². The summed E-state index contributed by atoms with van der Waals surface area (Å²) >= 11 is 6.22. The highest BCUT2D eigenvalue weighted by molar-refractivity contribution is 6.30. The minimum atomic E-state index is -0.435. The number of nitrogens with one attached hydrogen (secondary N) is 1. The van der Waals surface area contributed by atoms with Gasteiger partial charge in [0.05, 0.1) is 25.7 Å². The Morgan fingerprint density at radius 3 is 2.40 bits per heavy atom. The second kappa shape index (κ2) is 11.8. The molecule has 0 saturated heterocycles. The van der Waals surface area contributed by atoms with E-state index < -0.39 is 6.04 Å². The maximum absolute atomic E-state index is 13.7. The number of benzene rings is 3. The SMILES string of the molecule is CC[C@@H](C)Oc1cc2c(cc1OC)CC(=O)N(c1ccc(C(=O)Nc3ccncc3)cc1)C2c1ccc(Cl)cc1. The molecule has 2 amide bonds. The zero-order valence-electron chi connectivity index (χ0n) is 22.6. The van der Waals surface area contributed by atoms with Crippen LogP contribution in [0.5, 0.6) is 11.5 Å². The van der Waals surface area contributed by atoms with Gasteiger partial charge >= 0.3 is 0 Å². The van der Waals surface area contributed by atoms with Crippen molar-refractivity contribution in [2.75, 3.05) is 17.3 Å². The predicted molar refractivity (Wildman–Crippen MR) is 156 cm³/mol. The third kappa shape index (κ3) is 5.65. The van der Waals surface area contributed by atoms with Gasteiger partial charge in [0.1, 0.15) is 0 Å². The zero-order chi connectivity index (χ0) is 28.2. The smallest absolute Gasteiger partial charge is 0.255 e. The number of nitrogens with zero attached hydrogens (tertiary/aromatic N) is 2. The number of halogens is 1. The van der Waals surface area contributed by atoms with Crippen LogP contribution in [-0.2, 0) is 11.2 Å². The summed E-state index contributed by atoms with van der Waals surface area (Å²) in [7, 11) is 1.60. The van der Waals surface area contributed by atoms with Crippen molar-refractivity contribution in [2.45, 2.75) is 38.8 Å². The maximum atomic E-state index is 13.7. The molecule has 2 atom stereocenters. The number of fused-ring (bicyclic) bond motifs is 1. The standard InChI is InChI=1S/C32H30ClN3O4/c1-4-20(2)40-29-19-27-23(17-28(29)39-3)18-30(37)36(31(27)21-5-9-24(33)10-6-21)26-11-7-22(8-12-26)32(38)35-25-13-15-34-16-14-25/h5-17,19-20,31H,4,18H2,1-3H3,(H,34,35,38)/t20-,31?/m1/s1. The van der Waals surface area contributed by atoms with Crippen molar-refractivity contribution >= 4 is 34.8 Å². The van der Waals surface area contributed by atoms with Crippen molar-refractivity contribution in [3.05, 3.63) is 112 Å². The fourth-order valence-corrected chi connectivity index (χ4v) is 4.91. The number of hydrogen-bond acceptors (Lipinski definition) is 5. The molecule has 2 heterocycles. The Hall–Kier alpha value is -4.36. The fourth-order valence-electron chi connectivity index (χ4n) is 4.79. The van der Waals surface area contributed by atoms with E-state index in [4.69, 9.17) is 21.1 Å². The number of rotatable bonds is 8. The first-order valence-corrected chi connectivity index (χ1v) is 13.5. The number of hydrogen-bond donors (Lipinski definition) is 1. The molecule has 0 saturated carbocycles. The molecule has 1 unspecified atom stereocenters. The van der Waals surface area contributed by atoms with Gasteiger partial charge in [-0.1, -0.05) is 30.7 Å². The third-order valence-electron chi connectivity index (χ3n) is 7.02. The summed E-state index contributed by atoms with van der Waals surface area (Å²) in [5, 5.41) is 3.47. The number of anilines is 2. The fraction of sp³-hybridized carbons (Fsp3) is 0.219. The number of methoxy groups -OCH3 is 1. The highest BCUT2D eigenvalue weighted by Gasteiger charge is 2.36. The number of amides is 2. The van der Waals surface area contributed by atoms with Crippen LogP contribution in [-0.4, -0.2) is 30.0 Å². The van der Waals surface area contributed by atoms with E-state index in [1.165, 1.54) is 0 Å². The molecule has 0 radical (unpaired) electrons. The summed E-state index contributed by atoms with van der Waals surface area (Å²) in [6, 6.07) is 21.4. The van der Waals surface area contributed by atoms with Gasteiger partial charge in [0.2, 0.25) is 5.91 Å². The van der Waals surface area contributed by atoms with Crippen LogP contribution in [0, 0.1) is 0 Å². The lowest BCUT2D eigenvalue weighted by Gasteiger charge is -2.38. The average molecular weight is 556 g/mol. The van der Waals surface area contributed by atoms with E-state index in [0.717, 1.165) is 23.1 Å². The largest absolute Gasteiger partial charge is 0.493 e. The van der Waals surface area contributed by atoms with Gasteiger partial charge in [-0.15, -0.1) is 0 Å². The van der Waals surface area contributed by atoms with Gasteiger partial charge in [-0.05, 0) is 90.7 Å². The first-order valence-electron chi connectivity index (χ1n) is 13.1. The monoisotopic (exact) mass is 555 g/mol. The van der Waals surface area contributed by atoms with E-state index in [-0.39, 0.29) is 24.3 Å². The molecule has 0 aliphatic carbocycles. The Morgan fingerprint density at radius 2 is 1.75 bits per heavy atom. The van der Waals surface area contributed by atoms with Gasteiger partial charge in [0, 0.05) is 34.4 Å². The topological polar surface area (TPSA) is 80.8 Å². The highest BCUT2D eigenvalue weighted by atomic mass is 35.5. The van der Waals surface area contributed by atoms with Crippen molar-refractivity contribution in [1.82, 2.24) is 4.98 Å². The summed E-state index contributed by atoms with van der Waals surface area (Å²) < 4.78 is 11.8. The Labute approximate surface area is 238 Å². The number of carbonyl (C=O) groups is 2. The Balaban J connectivity index is 1.55. The molecular weight excluding hydrogens is 526 g/mol. The van der Waals surface area contributed by atoms with E-state index in [9.17, 15) is 9.59 Å². The Kier molecular flexibility index (Phi) is 8.03. The van der Waals surface area contributed by atoms with Crippen molar-refractivity contribution < 1.29 is 19.1 Å². The number of ether oxygens (including phenoxy) is 2. The summed E-state index contributed by atoms with van der Waals surface area (Å²) in [6.07, 6.45) is 4.26. The number of aromatic nitrogens is 1. The first-order chi connectivity index (χ1) is 19.4. The number of carbonyl (C=O) groups excluding carboxylic acids is 2. The molecule has 40 heavy (non-hydrogen) atoms. The first kappa shape index (κ1) is 27.2. The second-order valence-corrected chi connectivity index (χ2v) is 10.1. The van der Waals surface area contributed by atoms with E-state index in [1.807, 2.05) is 43.3 Å².